The molecule has 0 spiro atoms. The number of hydrogen-bond donors (Lipinski definition) is 1. The fraction of sp³-hybridized carbons (Fsp3) is 0.909. The Balaban J connectivity index is 3.95. The Labute approximate surface area is 81.3 Å². The summed E-state index contributed by atoms with van der Waals surface area (Å²) in [4.78, 5) is 11.3. The summed E-state index contributed by atoms with van der Waals surface area (Å²) in [7, 11) is 0. The van der Waals surface area contributed by atoms with Crippen molar-refractivity contribution in [2.24, 2.45) is 11.8 Å². The zero-order chi connectivity index (χ0) is 10.4. The molecule has 2 heteroatoms. The molecular weight excluding hydrogens is 164 g/mol. The van der Waals surface area contributed by atoms with Gasteiger partial charge in [0.1, 0.15) is 5.78 Å². The summed E-state index contributed by atoms with van der Waals surface area (Å²) in [5.41, 5.74) is 0. The highest BCUT2D eigenvalue weighted by molar-refractivity contribution is 5.80. The molecule has 0 radical (unpaired) electrons. The minimum Gasteiger partial charge on any atom is -0.393 e. The molecule has 3 atom stereocenters. The maximum absolute atomic E-state index is 11.3. The second-order valence-corrected chi connectivity index (χ2v) is 3.88. The summed E-state index contributed by atoms with van der Waals surface area (Å²) in [5.74, 6) is 0.685. The monoisotopic (exact) mass is 186 g/mol. The third-order valence-electron chi connectivity index (χ3n) is 2.82. The second kappa shape index (κ2) is 6.14. The highest BCUT2D eigenvalue weighted by Gasteiger charge is 2.20. The van der Waals surface area contributed by atoms with Crippen LogP contribution >= 0.6 is 0 Å². The highest BCUT2D eigenvalue weighted by Crippen LogP contribution is 2.19. The van der Waals surface area contributed by atoms with Gasteiger partial charge in [0, 0.05) is 12.3 Å². The molecule has 0 fully saturated rings. The van der Waals surface area contributed by atoms with Gasteiger partial charge in [0.2, 0.25) is 0 Å². The molecule has 0 saturated heterocycles. The quantitative estimate of drug-likeness (QED) is 0.691. The minimum atomic E-state index is -0.248. The van der Waals surface area contributed by atoms with E-state index in [1.807, 2.05) is 27.7 Å². The van der Waals surface area contributed by atoms with Gasteiger partial charge in [-0.2, -0.15) is 0 Å². The van der Waals surface area contributed by atoms with Crippen LogP contribution in [0, 0.1) is 11.8 Å². The van der Waals surface area contributed by atoms with Gasteiger partial charge in [-0.3, -0.25) is 4.79 Å². The van der Waals surface area contributed by atoms with Crippen molar-refractivity contribution < 1.29 is 9.90 Å². The lowest BCUT2D eigenvalue weighted by molar-refractivity contribution is -0.123. The topological polar surface area (TPSA) is 37.3 Å². The predicted octanol–water partition coefficient (Wildman–Crippen LogP) is 2.40. The average molecular weight is 186 g/mol. The van der Waals surface area contributed by atoms with Gasteiger partial charge in [0.25, 0.3) is 0 Å². The number of aliphatic hydroxyl groups excluding tert-OH is 1. The molecule has 0 aromatic carbocycles. The van der Waals surface area contributed by atoms with Crippen LogP contribution in [0.5, 0.6) is 0 Å². The van der Waals surface area contributed by atoms with Crippen LogP contribution in [-0.4, -0.2) is 17.0 Å². The van der Waals surface area contributed by atoms with E-state index < -0.39 is 0 Å². The first kappa shape index (κ1) is 12.6. The Hall–Kier alpha value is -0.370. The predicted molar refractivity (Wildman–Crippen MR) is 54.5 cm³/mol. The maximum Gasteiger partial charge on any atom is 0.135 e. The first-order valence-corrected chi connectivity index (χ1v) is 5.23. The summed E-state index contributed by atoms with van der Waals surface area (Å²) < 4.78 is 0. The summed E-state index contributed by atoms with van der Waals surface area (Å²) in [6, 6.07) is 0. The van der Waals surface area contributed by atoms with Crippen LogP contribution in [0.15, 0.2) is 0 Å². The number of aliphatic hydroxyl groups is 1. The first-order chi connectivity index (χ1) is 6.02. The lowest BCUT2D eigenvalue weighted by Crippen LogP contribution is -2.22. The van der Waals surface area contributed by atoms with Gasteiger partial charge < -0.3 is 5.11 Å². The number of Topliss-reactive ketones (excluding diaryl/α,β-unsaturated/α-hetero) is 1. The molecule has 0 saturated carbocycles. The van der Waals surface area contributed by atoms with Crippen molar-refractivity contribution in [3.8, 4) is 0 Å². The Morgan fingerprint density at radius 3 is 2.23 bits per heavy atom. The van der Waals surface area contributed by atoms with E-state index in [9.17, 15) is 9.90 Å². The Morgan fingerprint density at radius 1 is 1.31 bits per heavy atom. The number of carbonyl (C=O) groups excluding carboxylic acids is 1. The fourth-order valence-corrected chi connectivity index (χ4v) is 1.44. The van der Waals surface area contributed by atoms with Gasteiger partial charge in [0.05, 0.1) is 6.10 Å². The molecule has 0 amide bonds. The van der Waals surface area contributed by atoms with Gasteiger partial charge in [-0.1, -0.05) is 27.7 Å². The van der Waals surface area contributed by atoms with Gasteiger partial charge in [-0.25, -0.2) is 0 Å². The molecule has 0 aliphatic rings. The third kappa shape index (κ3) is 4.41. The summed E-state index contributed by atoms with van der Waals surface area (Å²) in [5, 5.41) is 9.42. The van der Waals surface area contributed by atoms with Crippen LogP contribution in [0.2, 0.25) is 0 Å². The van der Waals surface area contributed by atoms with Crippen LogP contribution in [0.25, 0.3) is 0 Å². The van der Waals surface area contributed by atoms with Crippen LogP contribution in [0.1, 0.15) is 47.0 Å². The van der Waals surface area contributed by atoms with E-state index in [2.05, 4.69) is 0 Å². The average Bonchev–Trinajstić information content (AvgIpc) is 2.14. The SMILES string of the molecule is CCC(=O)[C@@H](C)[C@@H](C)C[C@@H](O)CC. The number of carbonyl (C=O) groups is 1. The molecule has 2 nitrogen and oxygen atoms in total. The van der Waals surface area contributed by atoms with Crippen molar-refractivity contribution in [2.45, 2.75) is 53.1 Å². The molecule has 0 aromatic rings. The van der Waals surface area contributed by atoms with Crippen molar-refractivity contribution >= 4 is 5.78 Å². The number of hydrogen-bond acceptors (Lipinski definition) is 2. The van der Waals surface area contributed by atoms with Gasteiger partial charge in [-0.15, -0.1) is 0 Å². The Kier molecular flexibility index (Phi) is 5.97. The minimum absolute atomic E-state index is 0.0891. The lowest BCUT2D eigenvalue weighted by Gasteiger charge is -2.20. The zero-order valence-corrected chi connectivity index (χ0v) is 9.21. The molecule has 1 N–H and O–H groups in total. The van der Waals surface area contributed by atoms with Gasteiger partial charge in [-0.05, 0) is 18.8 Å². The summed E-state index contributed by atoms with van der Waals surface area (Å²) in [6.07, 6.45) is 1.87. The fourth-order valence-electron chi connectivity index (χ4n) is 1.44. The molecule has 0 aromatic heterocycles. The summed E-state index contributed by atoms with van der Waals surface area (Å²) in [6.45, 7) is 7.85. The molecule has 0 unspecified atom stereocenters. The molecule has 13 heavy (non-hydrogen) atoms. The van der Waals surface area contributed by atoms with Crippen molar-refractivity contribution in [1.29, 1.82) is 0 Å². The standard InChI is InChI=1S/C11H22O2/c1-5-10(12)7-8(3)9(4)11(13)6-2/h8-10,12H,5-7H2,1-4H3/t8-,9-,10-/m0/s1. The second-order valence-electron chi connectivity index (χ2n) is 3.88. The smallest absolute Gasteiger partial charge is 0.135 e. The van der Waals surface area contributed by atoms with Crippen molar-refractivity contribution in [1.82, 2.24) is 0 Å². The molecular formula is C11H22O2. The van der Waals surface area contributed by atoms with E-state index in [0.717, 1.165) is 12.8 Å². The zero-order valence-electron chi connectivity index (χ0n) is 9.21. The molecule has 0 aliphatic heterocycles. The van der Waals surface area contributed by atoms with E-state index in [1.54, 1.807) is 0 Å². The van der Waals surface area contributed by atoms with E-state index >= 15 is 0 Å². The van der Waals surface area contributed by atoms with Crippen LogP contribution < -0.4 is 0 Å². The Morgan fingerprint density at radius 2 is 1.85 bits per heavy atom. The Bertz CT molecular complexity index is 154. The van der Waals surface area contributed by atoms with E-state index in [1.165, 1.54) is 0 Å². The molecule has 0 rings (SSSR count). The molecule has 0 bridgehead atoms. The third-order valence-corrected chi connectivity index (χ3v) is 2.82. The number of rotatable bonds is 6. The van der Waals surface area contributed by atoms with Crippen LogP contribution in [0.3, 0.4) is 0 Å². The normalized spacial score (nSPS) is 17.9. The van der Waals surface area contributed by atoms with Crippen LogP contribution in [-0.2, 0) is 4.79 Å². The molecule has 0 aliphatic carbocycles. The lowest BCUT2D eigenvalue weighted by atomic mass is 9.86. The van der Waals surface area contributed by atoms with Crippen molar-refractivity contribution in [3.63, 3.8) is 0 Å². The largest absolute Gasteiger partial charge is 0.393 e. The van der Waals surface area contributed by atoms with Gasteiger partial charge >= 0.3 is 0 Å². The molecule has 0 heterocycles. The van der Waals surface area contributed by atoms with Crippen molar-refractivity contribution in [2.75, 3.05) is 0 Å². The maximum atomic E-state index is 11.3. The molecule has 78 valence electrons. The van der Waals surface area contributed by atoms with E-state index in [4.69, 9.17) is 0 Å². The van der Waals surface area contributed by atoms with E-state index in [-0.39, 0.29) is 12.0 Å². The van der Waals surface area contributed by atoms with Crippen LogP contribution in [0.4, 0.5) is 0 Å². The van der Waals surface area contributed by atoms with Crippen molar-refractivity contribution in [3.05, 3.63) is 0 Å². The van der Waals surface area contributed by atoms with E-state index in [0.29, 0.717) is 18.1 Å². The van der Waals surface area contributed by atoms with Gasteiger partial charge in [0.15, 0.2) is 0 Å². The summed E-state index contributed by atoms with van der Waals surface area (Å²) >= 11 is 0. The highest BCUT2D eigenvalue weighted by atomic mass is 16.3. The number of ketones is 1. The first-order valence-electron chi connectivity index (χ1n) is 5.23.